The summed E-state index contributed by atoms with van der Waals surface area (Å²) in [5, 5.41) is 11.0. The van der Waals surface area contributed by atoms with Crippen molar-refractivity contribution >= 4 is 17.5 Å². The third-order valence-electron chi connectivity index (χ3n) is 3.45. The van der Waals surface area contributed by atoms with E-state index in [9.17, 15) is 14.9 Å². The number of aromatic nitrogens is 1. The van der Waals surface area contributed by atoms with E-state index in [4.69, 9.17) is 19.9 Å². The topological polar surface area (TPSA) is 128 Å². The van der Waals surface area contributed by atoms with Crippen molar-refractivity contribution in [1.82, 2.24) is 0 Å². The molecule has 1 aromatic carbocycles. The van der Waals surface area contributed by atoms with Gasteiger partial charge in [-0.2, -0.15) is 0 Å². The zero-order valence-electron chi connectivity index (χ0n) is 12.5. The van der Waals surface area contributed by atoms with Crippen LogP contribution in [0.15, 0.2) is 30.5 Å². The lowest BCUT2D eigenvalue weighted by Gasteiger charge is -2.20. The Kier molecular flexibility index (Phi) is 4.25. The van der Waals surface area contributed by atoms with Gasteiger partial charge in [-0.25, -0.2) is 9.78 Å². The number of hydrogen-bond donors (Lipinski definition) is 1. The van der Waals surface area contributed by atoms with Gasteiger partial charge in [0.1, 0.15) is 17.9 Å². The number of nitrogen functional groups attached to an aromatic ring is 1. The summed E-state index contributed by atoms with van der Waals surface area (Å²) >= 11 is 0. The van der Waals surface area contributed by atoms with Crippen LogP contribution < -0.4 is 15.5 Å². The third kappa shape index (κ3) is 3.10. The molecule has 0 saturated heterocycles. The van der Waals surface area contributed by atoms with Gasteiger partial charge in [0.15, 0.2) is 6.79 Å². The lowest BCUT2D eigenvalue weighted by molar-refractivity contribution is -0.385. The number of aromatic amines is 1. The number of nitro groups is 1. The molecule has 0 aliphatic carbocycles. The molecule has 2 heterocycles. The number of nitrogens with zero attached hydrogens (tertiary/aromatic N) is 1. The van der Waals surface area contributed by atoms with Gasteiger partial charge in [0.2, 0.25) is 0 Å². The highest BCUT2D eigenvalue weighted by Gasteiger charge is 2.23. The molecule has 0 unspecified atom stereocenters. The second-order valence-corrected chi connectivity index (χ2v) is 5.03. The number of nitrogens with two attached hydrogens (primary N) is 1. The number of hydrogen-bond acceptors (Lipinski definition) is 7. The molecule has 9 nitrogen and oxygen atoms in total. The Balaban J connectivity index is 1.84. The third-order valence-corrected chi connectivity index (χ3v) is 3.45. The first-order valence-corrected chi connectivity index (χ1v) is 7.00. The van der Waals surface area contributed by atoms with E-state index in [1.54, 1.807) is 12.3 Å². The lowest BCUT2D eigenvalue weighted by atomic mass is 10.1. The van der Waals surface area contributed by atoms with E-state index in [0.29, 0.717) is 16.9 Å². The molecule has 3 N–H and O–H groups in total. The first-order valence-electron chi connectivity index (χ1n) is 7.00. The molecule has 124 valence electrons. The maximum absolute atomic E-state index is 12.1. The van der Waals surface area contributed by atoms with Gasteiger partial charge in [-0.1, -0.05) is 0 Å². The molecule has 0 saturated carbocycles. The summed E-state index contributed by atoms with van der Waals surface area (Å²) in [6, 6.07) is 5.83. The number of pyridine rings is 1. The molecule has 0 bridgehead atoms. The minimum Gasteiger partial charge on any atom is -0.467 e. The fraction of sp³-hybridized carbons (Fsp3) is 0.200. The SMILES string of the molecule is Nc1[nH+]cccc1C(=O)OCc1cc([N+](=O)[O-])cc2c1OCOC2. The van der Waals surface area contributed by atoms with Crippen LogP contribution in [-0.2, 0) is 22.7 Å². The molecule has 0 radical (unpaired) electrons. The van der Waals surface area contributed by atoms with Crippen molar-refractivity contribution in [2.45, 2.75) is 13.2 Å². The average molecular weight is 332 g/mol. The summed E-state index contributed by atoms with van der Waals surface area (Å²) in [6.07, 6.45) is 1.58. The van der Waals surface area contributed by atoms with Gasteiger partial charge in [0, 0.05) is 23.3 Å². The molecule has 2 aromatic rings. The van der Waals surface area contributed by atoms with Gasteiger partial charge >= 0.3 is 5.97 Å². The van der Waals surface area contributed by atoms with Crippen molar-refractivity contribution in [3.63, 3.8) is 0 Å². The van der Waals surface area contributed by atoms with Gasteiger partial charge in [-0.15, -0.1) is 0 Å². The molecule has 0 amide bonds. The van der Waals surface area contributed by atoms with E-state index in [-0.39, 0.29) is 37.1 Å². The van der Waals surface area contributed by atoms with Gasteiger partial charge in [0.05, 0.1) is 17.7 Å². The van der Waals surface area contributed by atoms with Crippen molar-refractivity contribution in [2.24, 2.45) is 0 Å². The second kappa shape index (κ2) is 6.50. The summed E-state index contributed by atoms with van der Waals surface area (Å²) in [6.45, 7) is 0.0437. The van der Waals surface area contributed by atoms with Crippen LogP contribution >= 0.6 is 0 Å². The fourth-order valence-corrected chi connectivity index (χ4v) is 2.34. The van der Waals surface area contributed by atoms with Crippen LogP contribution in [0.25, 0.3) is 0 Å². The monoisotopic (exact) mass is 332 g/mol. The predicted molar refractivity (Wildman–Crippen MR) is 79.9 cm³/mol. The maximum atomic E-state index is 12.1. The number of benzene rings is 1. The standard InChI is InChI=1S/C15H13N3O6/c16-14-12(2-1-3-17-14)15(19)23-7-10-5-11(18(20)21)4-9-6-22-8-24-13(9)10/h1-5H,6-8H2,(H2,16,17)/p+1. The summed E-state index contributed by atoms with van der Waals surface area (Å²) in [5.74, 6) is -0.0304. The Hall–Kier alpha value is -3.20. The minimum absolute atomic E-state index is 0.0341. The van der Waals surface area contributed by atoms with Crippen molar-refractivity contribution in [1.29, 1.82) is 0 Å². The molecule has 0 spiro atoms. The van der Waals surface area contributed by atoms with Crippen LogP contribution in [-0.4, -0.2) is 17.7 Å². The van der Waals surface area contributed by atoms with E-state index in [2.05, 4.69) is 4.98 Å². The van der Waals surface area contributed by atoms with Crippen molar-refractivity contribution < 1.29 is 28.9 Å². The van der Waals surface area contributed by atoms with Gasteiger partial charge in [0.25, 0.3) is 11.5 Å². The van der Waals surface area contributed by atoms with Crippen LogP contribution in [0.1, 0.15) is 21.5 Å². The van der Waals surface area contributed by atoms with Crippen LogP contribution in [0, 0.1) is 10.1 Å². The summed E-state index contributed by atoms with van der Waals surface area (Å²) in [7, 11) is 0. The number of rotatable bonds is 4. The van der Waals surface area contributed by atoms with E-state index in [0.717, 1.165) is 0 Å². The van der Waals surface area contributed by atoms with Crippen molar-refractivity contribution in [3.05, 3.63) is 57.3 Å². The number of H-pyrrole nitrogens is 1. The van der Waals surface area contributed by atoms with E-state index < -0.39 is 10.9 Å². The van der Waals surface area contributed by atoms with Crippen LogP contribution in [0.4, 0.5) is 11.5 Å². The Bertz CT molecular complexity index is 808. The number of nitro benzene ring substituents is 1. The number of carbonyl (C=O) groups is 1. The number of nitrogens with one attached hydrogen (secondary N) is 1. The molecule has 1 aromatic heterocycles. The highest BCUT2D eigenvalue weighted by Crippen LogP contribution is 2.33. The smallest absolute Gasteiger partial charge is 0.346 e. The quantitative estimate of drug-likeness (QED) is 0.506. The maximum Gasteiger partial charge on any atom is 0.346 e. The Morgan fingerprint density at radius 2 is 2.29 bits per heavy atom. The normalized spacial score (nSPS) is 12.8. The number of ether oxygens (including phenoxy) is 3. The Morgan fingerprint density at radius 1 is 1.46 bits per heavy atom. The Labute approximate surface area is 136 Å². The van der Waals surface area contributed by atoms with E-state index >= 15 is 0 Å². The molecule has 3 rings (SSSR count). The minimum atomic E-state index is -0.642. The molecule has 1 aliphatic rings. The molecule has 1 aliphatic heterocycles. The van der Waals surface area contributed by atoms with E-state index in [1.165, 1.54) is 18.2 Å². The number of carbonyl (C=O) groups excluding carboxylic acids is 1. The van der Waals surface area contributed by atoms with Crippen molar-refractivity contribution in [2.75, 3.05) is 12.5 Å². The van der Waals surface area contributed by atoms with Crippen LogP contribution in [0.5, 0.6) is 5.75 Å². The number of fused-ring (bicyclic) bond motifs is 1. The van der Waals surface area contributed by atoms with Gasteiger partial charge in [-0.3, -0.25) is 15.8 Å². The van der Waals surface area contributed by atoms with Gasteiger partial charge < -0.3 is 14.2 Å². The largest absolute Gasteiger partial charge is 0.467 e. The van der Waals surface area contributed by atoms with Crippen molar-refractivity contribution in [3.8, 4) is 5.75 Å². The summed E-state index contributed by atoms with van der Waals surface area (Å²) in [5.41, 5.74) is 6.67. The van der Waals surface area contributed by atoms with E-state index in [1.807, 2.05) is 0 Å². The first-order chi connectivity index (χ1) is 11.6. The lowest BCUT2D eigenvalue weighted by Crippen LogP contribution is -2.18. The summed E-state index contributed by atoms with van der Waals surface area (Å²) in [4.78, 5) is 25.3. The highest BCUT2D eigenvalue weighted by atomic mass is 16.7. The number of anilines is 1. The summed E-state index contributed by atoms with van der Waals surface area (Å²) < 4.78 is 15.7. The number of esters is 1. The molecular weight excluding hydrogens is 318 g/mol. The highest BCUT2D eigenvalue weighted by molar-refractivity contribution is 5.93. The average Bonchev–Trinajstić information content (AvgIpc) is 2.59. The van der Waals surface area contributed by atoms with Gasteiger partial charge in [-0.05, 0) is 12.1 Å². The zero-order chi connectivity index (χ0) is 17.1. The zero-order valence-corrected chi connectivity index (χ0v) is 12.5. The molecule has 0 fully saturated rings. The molecule has 24 heavy (non-hydrogen) atoms. The molecule has 0 atom stereocenters. The predicted octanol–water partition coefficient (Wildman–Crippen LogP) is 1.21. The Morgan fingerprint density at radius 3 is 3.04 bits per heavy atom. The molecule has 9 heteroatoms. The number of non-ortho nitro benzene ring substituents is 1. The molecular formula is C15H14N3O6+. The van der Waals surface area contributed by atoms with Crippen LogP contribution in [0.2, 0.25) is 0 Å². The second-order valence-electron chi connectivity index (χ2n) is 5.03. The van der Waals surface area contributed by atoms with Crippen LogP contribution in [0.3, 0.4) is 0 Å². The fourth-order valence-electron chi connectivity index (χ4n) is 2.34. The first kappa shape index (κ1) is 15.7.